The molecule has 1 N–H and O–H groups in total. The summed E-state index contributed by atoms with van der Waals surface area (Å²) in [6.45, 7) is 0.380. The molecule has 1 aromatic heterocycles. The predicted molar refractivity (Wildman–Crippen MR) is 107 cm³/mol. The highest BCUT2D eigenvalue weighted by atomic mass is 16.5. The number of amides is 1. The molecule has 140 valence electrons. The van der Waals surface area contributed by atoms with Gasteiger partial charge in [0.25, 0.3) is 5.91 Å². The van der Waals surface area contributed by atoms with Crippen LogP contribution in [0.4, 0.5) is 0 Å². The van der Waals surface area contributed by atoms with Gasteiger partial charge >= 0.3 is 0 Å². The Morgan fingerprint density at radius 1 is 1.00 bits per heavy atom. The largest absolute Gasteiger partial charge is 0.503 e. The molecule has 1 aliphatic rings. The Hall–Kier alpha value is -3.60. The molecule has 2 aromatic carbocycles. The van der Waals surface area contributed by atoms with Crippen molar-refractivity contribution < 1.29 is 14.6 Å². The second-order valence-corrected chi connectivity index (χ2v) is 6.59. The minimum Gasteiger partial charge on any atom is -0.503 e. The molecular weight excluding hydrogens is 352 g/mol. The van der Waals surface area contributed by atoms with E-state index < -0.39 is 0 Å². The minimum absolute atomic E-state index is 0.215. The van der Waals surface area contributed by atoms with Gasteiger partial charge in [0, 0.05) is 24.5 Å². The molecule has 0 spiro atoms. The molecule has 0 bridgehead atoms. The van der Waals surface area contributed by atoms with Crippen molar-refractivity contribution >= 4 is 11.5 Å². The van der Waals surface area contributed by atoms with E-state index in [9.17, 15) is 9.90 Å². The Bertz CT molecular complexity index is 999. The topological polar surface area (TPSA) is 62.7 Å². The molecule has 5 nitrogen and oxygen atoms in total. The maximum Gasteiger partial charge on any atom is 0.290 e. The third-order valence-corrected chi connectivity index (χ3v) is 4.92. The fourth-order valence-corrected chi connectivity index (χ4v) is 3.55. The zero-order valence-electron chi connectivity index (χ0n) is 15.4. The molecule has 1 atom stereocenters. The summed E-state index contributed by atoms with van der Waals surface area (Å²) in [5.74, 6) is 0.127. The number of aliphatic hydroxyl groups excluding tert-OH is 1. The number of carbonyl (C=O) groups excluding carboxylic acids is 1. The number of carbonyl (C=O) groups is 1. The molecule has 0 saturated heterocycles. The lowest BCUT2D eigenvalue weighted by Gasteiger charge is -2.27. The molecule has 3 aromatic rings. The van der Waals surface area contributed by atoms with E-state index in [4.69, 9.17) is 4.74 Å². The number of hydrogen-bond donors (Lipinski definition) is 1. The van der Waals surface area contributed by atoms with Crippen molar-refractivity contribution in [2.75, 3.05) is 7.11 Å². The van der Waals surface area contributed by atoms with Gasteiger partial charge in [-0.05, 0) is 41.0 Å². The Morgan fingerprint density at radius 2 is 1.68 bits per heavy atom. The first-order chi connectivity index (χ1) is 13.7. The van der Waals surface area contributed by atoms with Crippen LogP contribution in [0.1, 0.15) is 22.7 Å². The summed E-state index contributed by atoms with van der Waals surface area (Å²) in [6.07, 6.45) is 3.40. The van der Waals surface area contributed by atoms with Crippen LogP contribution in [0.3, 0.4) is 0 Å². The smallest absolute Gasteiger partial charge is 0.290 e. The van der Waals surface area contributed by atoms with Gasteiger partial charge in [-0.15, -0.1) is 0 Å². The van der Waals surface area contributed by atoms with Crippen LogP contribution >= 0.6 is 0 Å². The number of pyridine rings is 1. The Labute approximate surface area is 163 Å². The van der Waals surface area contributed by atoms with Crippen LogP contribution in [-0.2, 0) is 11.3 Å². The molecule has 0 fully saturated rings. The first-order valence-corrected chi connectivity index (χ1v) is 9.01. The second kappa shape index (κ2) is 7.56. The van der Waals surface area contributed by atoms with Gasteiger partial charge < -0.3 is 14.7 Å². The van der Waals surface area contributed by atoms with E-state index in [1.54, 1.807) is 24.4 Å². The summed E-state index contributed by atoms with van der Waals surface area (Å²) in [5.41, 5.74) is 3.29. The highest BCUT2D eigenvalue weighted by molar-refractivity contribution is 6.05. The van der Waals surface area contributed by atoms with Crippen LogP contribution in [0.5, 0.6) is 5.75 Å². The first kappa shape index (κ1) is 17.8. The standard InChI is InChI=1S/C23H20N2O3/c1-28-19-9-7-17(8-10-19)20-21(18-5-3-2-4-6-18)25(23(27)22(20)26)15-16-11-13-24-14-12-16/h2-14,21,26H,15H2,1H3. The van der Waals surface area contributed by atoms with E-state index in [1.165, 1.54) is 0 Å². The number of hydrogen-bond acceptors (Lipinski definition) is 4. The molecule has 0 saturated carbocycles. The third-order valence-electron chi connectivity index (χ3n) is 4.92. The molecule has 1 unspecified atom stereocenters. The van der Waals surface area contributed by atoms with Gasteiger partial charge in [0.05, 0.1) is 13.2 Å². The normalized spacial score (nSPS) is 16.5. The van der Waals surface area contributed by atoms with Crippen LogP contribution in [0.2, 0.25) is 0 Å². The summed E-state index contributed by atoms with van der Waals surface area (Å²) in [7, 11) is 1.61. The maximum absolute atomic E-state index is 13.0. The Kier molecular flexibility index (Phi) is 4.81. The molecular formula is C23H20N2O3. The van der Waals surface area contributed by atoms with E-state index >= 15 is 0 Å². The number of benzene rings is 2. The lowest BCUT2D eigenvalue weighted by atomic mass is 9.93. The highest BCUT2D eigenvalue weighted by Crippen LogP contribution is 2.43. The molecule has 4 rings (SSSR count). The van der Waals surface area contributed by atoms with Gasteiger partial charge in [-0.1, -0.05) is 42.5 Å². The van der Waals surface area contributed by atoms with E-state index in [0.29, 0.717) is 12.1 Å². The average molecular weight is 372 g/mol. The molecule has 2 heterocycles. The maximum atomic E-state index is 13.0. The number of methoxy groups -OCH3 is 1. The van der Waals surface area contributed by atoms with Crippen LogP contribution < -0.4 is 4.74 Å². The first-order valence-electron chi connectivity index (χ1n) is 9.01. The van der Waals surface area contributed by atoms with Crippen LogP contribution in [0.15, 0.2) is 84.9 Å². The molecule has 1 amide bonds. The van der Waals surface area contributed by atoms with Crippen molar-refractivity contribution in [1.82, 2.24) is 9.88 Å². The summed E-state index contributed by atoms with van der Waals surface area (Å²) < 4.78 is 5.23. The second-order valence-electron chi connectivity index (χ2n) is 6.59. The summed E-state index contributed by atoms with van der Waals surface area (Å²) in [4.78, 5) is 18.7. The summed E-state index contributed by atoms with van der Waals surface area (Å²) in [5, 5.41) is 10.8. The molecule has 0 aliphatic carbocycles. The van der Waals surface area contributed by atoms with Gasteiger partial charge in [0.1, 0.15) is 5.75 Å². The van der Waals surface area contributed by atoms with Crippen molar-refractivity contribution in [3.05, 3.63) is 102 Å². The SMILES string of the molecule is COc1ccc(C2=C(O)C(=O)N(Cc3ccncc3)C2c2ccccc2)cc1. The fraction of sp³-hybridized carbons (Fsp3) is 0.130. The van der Waals surface area contributed by atoms with Gasteiger partial charge in [0.2, 0.25) is 0 Å². The number of aliphatic hydroxyl groups is 1. The Morgan fingerprint density at radius 3 is 2.32 bits per heavy atom. The zero-order chi connectivity index (χ0) is 19.5. The lowest BCUT2D eigenvalue weighted by molar-refractivity contribution is -0.130. The lowest BCUT2D eigenvalue weighted by Crippen LogP contribution is -2.29. The molecule has 0 radical (unpaired) electrons. The van der Waals surface area contributed by atoms with Crippen molar-refractivity contribution in [3.63, 3.8) is 0 Å². The molecule has 5 heteroatoms. The third kappa shape index (κ3) is 3.22. The van der Waals surface area contributed by atoms with E-state index in [1.807, 2.05) is 66.7 Å². The average Bonchev–Trinajstić information content (AvgIpc) is 3.00. The van der Waals surface area contributed by atoms with Gasteiger partial charge in [0.15, 0.2) is 5.76 Å². The van der Waals surface area contributed by atoms with Gasteiger partial charge in [-0.2, -0.15) is 0 Å². The van der Waals surface area contributed by atoms with Crippen molar-refractivity contribution in [3.8, 4) is 5.75 Å². The fourth-order valence-electron chi connectivity index (χ4n) is 3.55. The van der Waals surface area contributed by atoms with Crippen LogP contribution in [0.25, 0.3) is 5.57 Å². The summed E-state index contributed by atoms with van der Waals surface area (Å²) in [6, 6.07) is 20.5. The monoisotopic (exact) mass is 372 g/mol. The highest BCUT2D eigenvalue weighted by Gasteiger charge is 2.40. The Balaban J connectivity index is 1.79. The van der Waals surface area contributed by atoms with Crippen LogP contribution in [-0.4, -0.2) is 28.0 Å². The van der Waals surface area contributed by atoms with Crippen molar-refractivity contribution in [2.45, 2.75) is 12.6 Å². The van der Waals surface area contributed by atoms with Gasteiger partial charge in [-0.25, -0.2) is 0 Å². The number of rotatable bonds is 5. The van der Waals surface area contributed by atoms with E-state index in [-0.39, 0.29) is 17.7 Å². The summed E-state index contributed by atoms with van der Waals surface area (Å²) >= 11 is 0. The zero-order valence-corrected chi connectivity index (χ0v) is 15.4. The molecule has 28 heavy (non-hydrogen) atoms. The molecule has 1 aliphatic heterocycles. The van der Waals surface area contributed by atoms with Crippen molar-refractivity contribution in [1.29, 1.82) is 0 Å². The number of ether oxygens (including phenoxy) is 1. The quantitative estimate of drug-likeness (QED) is 0.731. The van der Waals surface area contributed by atoms with E-state index in [0.717, 1.165) is 22.4 Å². The van der Waals surface area contributed by atoms with Crippen LogP contribution in [0, 0.1) is 0 Å². The predicted octanol–water partition coefficient (Wildman–Crippen LogP) is 4.14. The van der Waals surface area contributed by atoms with Crippen molar-refractivity contribution in [2.24, 2.45) is 0 Å². The minimum atomic E-state index is -0.379. The number of aromatic nitrogens is 1. The van der Waals surface area contributed by atoms with Gasteiger partial charge in [-0.3, -0.25) is 9.78 Å². The van der Waals surface area contributed by atoms with E-state index in [2.05, 4.69) is 4.98 Å². The number of nitrogens with zero attached hydrogens (tertiary/aromatic N) is 2.